The van der Waals surface area contributed by atoms with E-state index in [4.69, 9.17) is 0 Å². The molecule has 26 heavy (non-hydrogen) atoms. The maximum absolute atomic E-state index is 13.6. The minimum Gasteiger partial charge on any atom is -0.353 e. The maximum atomic E-state index is 13.6. The summed E-state index contributed by atoms with van der Waals surface area (Å²) < 4.78 is 13.6. The second-order valence-electron chi connectivity index (χ2n) is 6.83. The summed E-state index contributed by atoms with van der Waals surface area (Å²) in [7, 11) is 2.14. The first-order valence-electron chi connectivity index (χ1n) is 8.98. The predicted octanol–water partition coefficient (Wildman–Crippen LogP) is 4.17. The minimum atomic E-state index is -0.236. The molecule has 4 rings (SSSR count). The molecule has 2 heterocycles. The van der Waals surface area contributed by atoms with Gasteiger partial charge in [0.1, 0.15) is 12.0 Å². The molecule has 0 fully saturated rings. The Balaban J connectivity index is 1.64. The van der Waals surface area contributed by atoms with Gasteiger partial charge >= 0.3 is 0 Å². The third-order valence-electron chi connectivity index (χ3n) is 5.32. The lowest BCUT2D eigenvalue weighted by Gasteiger charge is -2.32. The second-order valence-corrected chi connectivity index (χ2v) is 7.40. The van der Waals surface area contributed by atoms with E-state index in [0.717, 1.165) is 47.5 Å². The van der Waals surface area contributed by atoms with Crippen molar-refractivity contribution in [2.24, 2.45) is 0 Å². The van der Waals surface area contributed by atoms with Crippen LogP contribution in [-0.4, -0.2) is 39.8 Å². The maximum Gasteiger partial charge on any atom is 0.123 e. The predicted molar refractivity (Wildman–Crippen MR) is 105 cm³/mol. The van der Waals surface area contributed by atoms with Gasteiger partial charge in [-0.2, -0.15) is 5.10 Å². The van der Waals surface area contributed by atoms with Crippen LogP contribution in [0, 0.1) is 5.82 Å². The number of aromatic nitrogens is 2. The van der Waals surface area contributed by atoms with Gasteiger partial charge in [0, 0.05) is 36.8 Å². The van der Waals surface area contributed by atoms with Gasteiger partial charge in [-0.3, -0.25) is 5.10 Å². The van der Waals surface area contributed by atoms with Crippen LogP contribution in [0.1, 0.15) is 25.3 Å². The Kier molecular flexibility index (Phi) is 4.53. The fourth-order valence-corrected chi connectivity index (χ4v) is 4.27. The first kappa shape index (κ1) is 17.2. The number of hydrogen-bond acceptors (Lipinski definition) is 4. The van der Waals surface area contributed by atoms with Crippen molar-refractivity contribution in [1.29, 1.82) is 0 Å². The number of allylic oxidation sites excluding steroid dienone is 3. The third kappa shape index (κ3) is 2.92. The Bertz CT molecular complexity index is 885. The van der Waals surface area contributed by atoms with E-state index in [1.165, 1.54) is 17.5 Å². The van der Waals surface area contributed by atoms with Crippen molar-refractivity contribution in [2.75, 3.05) is 13.6 Å². The average molecular weight is 370 g/mol. The Hall–Kier alpha value is -2.21. The van der Waals surface area contributed by atoms with Gasteiger partial charge in [0.05, 0.1) is 17.6 Å². The van der Waals surface area contributed by atoms with Crippen molar-refractivity contribution >= 4 is 12.6 Å². The number of H-pyrrole nitrogens is 1. The summed E-state index contributed by atoms with van der Waals surface area (Å²) in [6.07, 6.45) is 7.12. The Morgan fingerprint density at radius 3 is 2.96 bits per heavy atom. The van der Waals surface area contributed by atoms with Gasteiger partial charge in [0.25, 0.3) is 0 Å². The van der Waals surface area contributed by atoms with Gasteiger partial charge in [-0.15, -0.1) is 12.6 Å². The summed E-state index contributed by atoms with van der Waals surface area (Å²) in [5.41, 5.74) is 5.49. The summed E-state index contributed by atoms with van der Waals surface area (Å²) >= 11 is 4.57. The zero-order valence-electron chi connectivity index (χ0n) is 15.0. The topological polar surface area (TPSA) is 35.2 Å². The highest BCUT2D eigenvalue weighted by Crippen LogP contribution is 2.39. The summed E-state index contributed by atoms with van der Waals surface area (Å²) in [4.78, 5) is 5.93. The largest absolute Gasteiger partial charge is 0.353 e. The molecule has 4 nitrogen and oxygen atoms in total. The molecule has 6 heteroatoms. The quantitative estimate of drug-likeness (QED) is 0.793. The van der Waals surface area contributed by atoms with Crippen molar-refractivity contribution in [3.8, 4) is 11.3 Å². The first-order chi connectivity index (χ1) is 12.6. The SMILES string of the molecule is CCN1C2=C(C=C(S)CC2)N(C)C1Cc1cn[nH]c1-c1cccc(F)c1. The van der Waals surface area contributed by atoms with Gasteiger partial charge in [-0.1, -0.05) is 12.1 Å². The van der Waals surface area contributed by atoms with Crippen LogP contribution in [-0.2, 0) is 6.42 Å². The number of thiol groups is 1. The number of rotatable bonds is 4. The number of halogens is 1. The number of nitrogens with one attached hydrogen (secondary N) is 1. The van der Waals surface area contributed by atoms with E-state index in [2.05, 4.69) is 52.7 Å². The Labute approximate surface area is 158 Å². The molecule has 1 N–H and O–H groups in total. The number of aromatic amines is 1. The minimum absolute atomic E-state index is 0.227. The molecule has 2 aromatic rings. The molecule has 1 atom stereocenters. The van der Waals surface area contributed by atoms with Gasteiger partial charge in [-0.25, -0.2) is 4.39 Å². The van der Waals surface area contributed by atoms with Gasteiger partial charge in [-0.05, 0) is 42.9 Å². The first-order valence-corrected chi connectivity index (χ1v) is 9.43. The van der Waals surface area contributed by atoms with Crippen LogP contribution >= 0.6 is 12.6 Å². The monoisotopic (exact) mass is 370 g/mol. The highest BCUT2D eigenvalue weighted by atomic mass is 32.1. The summed E-state index contributed by atoms with van der Waals surface area (Å²) in [5.74, 6) is -0.236. The van der Waals surface area contributed by atoms with E-state index < -0.39 is 0 Å². The van der Waals surface area contributed by atoms with E-state index in [1.807, 2.05) is 12.3 Å². The summed E-state index contributed by atoms with van der Waals surface area (Å²) in [5, 5.41) is 7.28. The highest BCUT2D eigenvalue weighted by Gasteiger charge is 2.36. The van der Waals surface area contributed by atoms with Crippen LogP contribution in [0.15, 0.2) is 52.8 Å². The molecule has 0 bridgehead atoms. The lowest BCUT2D eigenvalue weighted by molar-refractivity contribution is 0.166. The van der Waals surface area contributed by atoms with Crippen molar-refractivity contribution in [3.05, 3.63) is 64.2 Å². The molecule has 0 radical (unpaired) electrons. The zero-order chi connectivity index (χ0) is 18.3. The van der Waals surface area contributed by atoms with E-state index in [-0.39, 0.29) is 12.0 Å². The molecule has 0 spiro atoms. The van der Waals surface area contributed by atoms with Crippen LogP contribution in [0.3, 0.4) is 0 Å². The highest BCUT2D eigenvalue weighted by molar-refractivity contribution is 7.84. The number of nitrogens with zero attached hydrogens (tertiary/aromatic N) is 3. The molecule has 2 aliphatic rings. The number of likely N-dealkylation sites (N-methyl/N-ethyl adjacent to an activating group) is 2. The Morgan fingerprint density at radius 1 is 1.35 bits per heavy atom. The molecule has 1 aromatic carbocycles. The molecule has 136 valence electrons. The fourth-order valence-electron chi connectivity index (χ4n) is 4.04. The molecular weight excluding hydrogens is 347 g/mol. The Morgan fingerprint density at radius 2 is 2.19 bits per heavy atom. The van der Waals surface area contributed by atoms with Gasteiger partial charge < -0.3 is 9.80 Å². The number of benzene rings is 1. The molecule has 0 saturated heterocycles. The van der Waals surface area contributed by atoms with Crippen molar-refractivity contribution in [1.82, 2.24) is 20.0 Å². The van der Waals surface area contributed by atoms with Gasteiger partial charge in [0.2, 0.25) is 0 Å². The van der Waals surface area contributed by atoms with E-state index in [9.17, 15) is 4.39 Å². The second kappa shape index (κ2) is 6.83. The molecule has 1 aromatic heterocycles. The summed E-state index contributed by atoms with van der Waals surface area (Å²) in [6.45, 7) is 3.15. The van der Waals surface area contributed by atoms with Crippen LogP contribution in [0.25, 0.3) is 11.3 Å². The standard InChI is InChI=1S/C20H23FN4S/c1-3-25-17-8-7-16(26)11-18(17)24(2)19(25)10-14-12-22-23-20(14)13-5-4-6-15(21)9-13/h4-6,9,11-12,19,26H,3,7-8,10H2,1-2H3,(H,22,23). The molecule has 1 aliphatic carbocycles. The normalized spacial score (nSPS) is 19.8. The third-order valence-corrected chi connectivity index (χ3v) is 5.68. The van der Waals surface area contributed by atoms with E-state index in [0.29, 0.717) is 0 Å². The van der Waals surface area contributed by atoms with Crippen LogP contribution in [0.5, 0.6) is 0 Å². The molecule has 0 amide bonds. The average Bonchev–Trinajstić information content (AvgIpc) is 3.19. The van der Waals surface area contributed by atoms with Crippen molar-refractivity contribution < 1.29 is 4.39 Å². The zero-order valence-corrected chi connectivity index (χ0v) is 15.9. The van der Waals surface area contributed by atoms with E-state index >= 15 is 0 Å². The fraction of sp³-hybridized carbons (Fsp3) is 0.350. The van der Waals surface area contributed by atoms with E-state index in [1.54, 1.807) is 12.1 Å². The van der Waals surface area contributed by atoms with Crippen LogP contribution in [0.2, 0.25) is 0 Å². The van der Waals surface area contributed by atoms with Crippen molar-refractivity contribution in [2.45, 2.75) is 32.4 Å². The lowest BCUT2D eigenvalue weighted by atomic mass is 10.0. The summed E-state index contributed by atoms with van der Waals surface area (Å²) in [6, 6.07) is 6.65. The molecule has 1 aliphatic heterocycles. The lowest BCUT2D eigenvalue weighted by Crippen LogP contribution is -2.40. The molecule has 1 unspecified atom stereocenters. The van der Waals surface area contributed by atoms with Crippen molar-refractivity contribution in [3.63, 3.8) is 0 Å². The van der Waals surface area contributed by atoms with Crippen LogP contribution < -0.4 is 0 Å². The molecule has 0 saturated carbocycles. The molecular formula is C20H23FN4S. The number of hydrogen-bond donors (Lipinski definition) is 2. The smallest absolute Gasteiger partial charge is 0.123 e. The van der Waals surface area contributed by atoms with Gasteiger partial charge in [0.15, 0.2) is 0 Å². The van der Waals surface area contributed by atoms with Crippen LogP contribution in [0.4, 0.5) is 4.39 Å².